The number of alkyl halides is 3. The number of aryl methyl sites for hydroxylation is 1. The zero-order chi connectivity index (χ0) is 18.8. The Kier molecular flexibility index (Phi) is 3.41. The maximum Gasteiger partial charge on any atom is 0.417 e. The third-order valence-corrected chi connectivity index (χ3v) is 4.93. The Labute approximate surface area is 152 Å². The fourth-order valence-corrected chi connectivity index (χ4v) is 3.49. The molecule has 8 heteroatoms. The summed E-state index contributed by atoms with van der Waals surface area (Å²) in [6.07, 6.45) is -2.75. The third kappa shape index (κ3) is 2.70. The Bertz CT molecular complexity index is 1050. The molecule has 0 N–H and O–H groups in total. The molecule has 0 bridgehead atoms. The topological polar surface area (TPSA) is 49.2 Å². The molecule has 1 fully saturated rings. The molecule has 5 nitrogen and oxygen atoms in total. The summed E-state index contributed by atoms with van der Waals surface area (Å²) in [5.74, 6) is 1.19. The molecule has 1 aliphatic carbocycles. The Morgan fingerprint density at radius 1 is 1.07 bits per heavy atom. The van der Waals surface area contributed by atoms with Gasteiger partial charge in [-0.2, -0.15) is 18.3 Å². The molecule has 1 saturated carbocycles. The standard InChI is InChI=1S/C19H16F3N3O2/c1-25-18-16(17(24-25)10-2-3-10)12(19(20,21)22)9-13(23-18)11-4-5-14-15(8-11)27-7-6-26-14/h4-5,8-10H,2-3,6-7H2,1H3. The van der Waals surface area contributed by atoms with Gasteiger partial charge in [0, 0.05) is 18.5 Å². The van der Waals surface area contributed by atoms with Crippen molar-refractivity contribution in [2.75, 3.05) is 13.2 Å². The van der Waals surface area contributed by atoms with Crippen molar-refractivity contribution in [1.82, 2.24) is 14.8 Å². The molecule has 2 aromatic heterocycles. The Balaban J connectivity index is 1.73. The molecule has 0 amide bonds. The van der Waals surface area contributed by atoms with Crippen LogP contribution in [0.1, 0.15) is 30.0 Å². The zero-order valence-corrected chi connectivity index (χ0v) is 14.5. The normalized spacial score (nSPS) is 16.7. The molecule has 0 saturated heterocycles. The monoisotopic (exact) mass is 375 g/mol. The van der Waals surface area contributed by atoms with E-state index in [9.17, 15) is 13.2 Å². The van der Waals surface area contributed by atoms with Crippen LogP contribution in [0.3, 0.4) is 0 Å². The van der Waals surface area contributed by atoms with Gasteiger partial charge in [-0.15, -0.1) is 0 Å². The molecule has 5 rings (SSSR count). The number of hydrogen-bond acceptors (Lipinski definition) is 4. The Hall–Kier alpha value is -2.77. The minimum Gasteiger partial charge on any atom is -0.486 e. The van der Waals surface area contributed by atoms with E-state index in [0.29, 0.717) is 36.0 Å². The van der Waals surface area contributed by atoms with E-state index in [1.54, 1.807) is 25.2 Å². The predicted molar refractivity (Wildman–Crippen MR) is 91.9 cm³/mol. The van der Waals surface area contributed by atoms with E-state index < -0.39 is 11.7 Å². The van der Waals surface area contributed by atoms with Gasteiger partial charge in [-0.3, -0.25) is 4.68 Å². The van der Waals surface area contributed by atoms with Crippen LogP contribution in [-0.4, -0.2) is 28.0 Å². The first-order valence-corrected chi connectivity index (χ1v) is 8.76. The molecule has 0 spiro atoms. The summed E-state index contributed by atoms with van der Waals surface area (Å²) in [5.41, 5.74) is 0.836. The van der Waals surface area contributed by atoms with E-state index >= 15 is 0 Å². The second kappa shape index (κ2) is 5.61. The lowest BCUT2D eigenvalue weighted by molar-refractivity contribution is -0.136. The molecule has 3 aromatic rings. The summed E-state index contributed by atoms with van der Waals surface area (Å²) < 4.78 is 54.0. The van der Waals surface area contributed by atoms with E-state index in [4.69, 9.17) is 9.47 Å². The van der Waals surface area contributed by atoms with Crippen molar-refractivity contribution < 1.29 is 22.6 Å². The first kappa shape index (κ1) is 16.4. The molecule has 2 aliphatic rings. The fraction of sp³-hybridized carbons (Fsp3) is 0.368. The van der Waals surface area contributed by atoms with E-state index in [2.05, 4.69) is 10.1 Å². The molecule has 1 aliphatic heterocycles. The van der Waals surface area contributed by atoms with Gasteiger partial charge in [0.1, 0.15) is 13.2 Å². The number of hydrogen-bond donors (Lipinski definition) is 0. The molecular formula is C19H16F3N3O2. The highest BCUT2D eigenvalue weighted by atomic mass is 19.4. The Morgan fingerprint density at radius 2 is 1.81 bits per heavy atom. The SMILES string of the molecule is Cn1nc(C2CC2)c2c(C(F)(F)F)cc(-c3ccc4c(c3)OCCO4)nc21. The summed E-state index contributed by atoms with van der Waals surface area (Å²) in [6.45, 7) is 0.858. The van der Waals surface area contributed by atoms with Crippen molar-refractivity contribution in [3.8, 4) is 22.8 Å². The summed E-state index contributed by atoms with van der Waals surface area (Å²) in [5, 5.41) is 4.46. The first-order chi connectivity index (χ1) is 12.9. The number of benzene rings is 1. The first-order valence-electron chi connectivity index (χ1n) is 8.76. The molecule has 3 heterocycles. The van der Waals surface area contributed by atoms with Gasteiger partial charge >= 0.3 is 6.18 Å². The maximum absolute atomic E-state index is 13.9. The molecular weight excluding hydrogens is 359 g/mol. The number of pyridine rings is 1. The molecule has 1 aromatic carbocycles. The van der Waals surface area contributed by atoms with Crippen LogP contribution in [0.5, 0.6) is 11.5 Å². The van der Waals surface area contributed by atoms with Crippen LogP contribution in [0.2, 0.25) is 0 Å². The molecule has 0 unspecified atom stereocenters. The number of nitrogens with zero attached hydrogens (tertiary/aromatic N) is 3. The molecule has 0 radical (unpaired) electrons. The van der Waals surface area contributed by atoms with Crippen LogP contribution in [0.15, 0.2) is 24.3 Å². The molecule has 27 heavy (non-hydrogen) atoms. The number of halogens is 3. The predicted octanol–water partition coefficient (Wildman–Crippen LogP) is 4.30. The second-order valence-corrected chi connectivity index (χ2v) is 6.89. The zero-order valence-electron chi connectivity index (χ0n) is 14.5. The van der Waals surface area contributed by atoms with E-state index in [1.165, 1.54) is 4.68 Å². The lowest BCUT2D eigenvalue weighted by atomic mass is 10.0. The maximum atomic E-state index is 13.9. The van der Waals surface area contributed by atoms with Crippen LogP contribution in [-0.2, 0) is 13.2 Å². The van der Waals surface area contributed by atoms with Crippen LogP contribution >= 0.6 is 0 Å². The van der Waals surface area contributed by atoms with Gasteiger partial charge in [0.15, 0.2) is 17.1 Å². The lowest BCUT2D eigenvalue weighted by Gasteiger charge is -2.19. The minimum atomic E-state index is -4.49. The molecule has 0 atom stereocenters. The van der Waals surface area contributed by atoms with Gasteiger partial charge in [-0.25, -0.2) is 4.98 Å². The van der Waals surface area contributed by atoms with Gasteiger partial charge in [-0.1, -0.05) is 0 Å². The average Bonchev–Trinajstić information content (AvgIpc) is 3.44. The summed E-state index contributed by atoms with van der Waals surface area (Å²) in [7, 11) is 1.63. The smallest absolute Gasteiger partial charge is 0.417 e. The summed E-state index contributed by atoms with van der Waals surface area (Å²) in [6, 6.07) is 6.17. The lowest BCUT2D eigenvalue weighted by Crippen LogP contribution is -2.15. The van der Waals surface area contributed by atoms with E-state index in [-0.39, 0.29) is 22.6 Å². The van der Waals surface area contributed by atoms with Crippen molar-refractivity contribution in [2.24, 2.45) is 7.05 Å². The van der Waals surface area contributed by atoms with Crippen LogP contribution in [0.4, 0.5) is 13.2 Å². The largest absolute Gasteiger partial charge is 0.486 e. The van der Waals surface area contributed by atoms with Gasteiger partial charge in [0.05, 0.1) is 22.3 Å². The second-order valence-electron chi connectivity index (χ2n) is 6.89. The van der Waals surface area contributed by atoms with Crippen LogP contribution < -0.4 is 9.47 Å². The highest BCUT2D eigenvalue weighted by molar-refractivity contribution is 5.87. The van der Waals surface area contributed by atoms with Gasteiger partial charge in [0.25, 0.3) is 0 Å². The average molecular weight is 375 g/mol. The highest BCUT2D eigenvalue weighted by Crippen LogP contribution is 2.46. The van der Waals surface area contributed by atoms with Crippen LogP contribution in [0, 0.1) is 0 Å². The highest BCUT2D eigenvalue weighted by Gasteiger charge is 2.39. The number of rotatable bonds is 2. The van der Waals surface area contributed by atoms with Gasteiger partial charge in [-0.05, 0) is 37.1 Å². The summed E-state index contributed by atoms with van der Waals surface area (Å²) in [4.78, 5) is 4.50. The van der Waals surface area contributed by atoms with Crippen molar-refractivity contribution in [1.29, 1.82) is 0 Å². The van der Waals surface area contributed by atoms with Crippen LogP contribution in [0.25, 0.3) is 22.3 Å². The van der Waals surface area contributed by atoms with Gasteiger partial charge in [0.2, 0.25) is 0 Å². The third-order valence-electron chi connectivity index (χ3n) is 4.93. The van der Waals surface area contributed by atoms with Crippen molar-refractivity contribution in [2.45, 2.75) is 24.9 Å². The number of aromatic nitrogens is 3. The van der Waals surface area contributed by atoms with E-state index in [1.807, 2.05) is 0 Å². The van der Waals surface area contributed by atoms with Crippen molar-refractivity contribution in [3.05, 3.63) is 35.5 Å². The number of ether oxygens (including phenoxy) is 2. The minimum absolute atomic E-state index is 0.0942. The number of fused-ring (bicyclic) bond motifs is 2. The summed E-state index contributed by atoms with van der Waals surface area (Å²) >= 11 is 0. The Morgan fingerprint density at radius 3 is 2.52 bits per heavy atom. The molecule has 140 valence electrons. The fourth-order valence-electron chi connectivity index (χ4n) is 3.49. The van der Waals surface area contributed by atoms with Crippen molar-refractivity contribution >= 4 is 11.0 Å². The van der Waals surface area contributed by atoms with Crippen molar-refractivity contribution in [3.63, 3.8) is 0 Å². The van der Waals surface area contributed by atoms with E-state index in [0.717, 1.165) is 18.9 Å². The quantitative estimate of drug-likeness (QED) is 0.670. The van der Waals surface area contributed by atoms with Gasteiger partial charge < -0.3 is 9.47 Å².